The third-order valence-corrected chi connectivity index (χ3v) is 8.95. The van der Waals surface area contributed by atoms with Gasteiger partial charge in [0.25, 0.3) is 0 Å². The molecule has 2 heterocycles. The van der Waals surface area contributed by atoms with Crippen LogP contribution in [0.5, 0.6) is 11.5 Å². The van der Waals surface area contributed by atoms with E-state index in [-0.39, 0.29) is 30.2 Å². The number of halogens is 1. The number of likely N-dealkylation sites (tertiary alicyclic amines) is 1. The van der Waals surface area contributed by atoms with Crippen LogP contribution in [-0.4, -0.2) is 66.9 Å². The van der Waals surface area contributed by atoms with Gasteiger partial charge in [0, 0.05) is 42.3 Å². The highest BCUT2D eigenvalue weighted by Gasteiger charge is 2.41. The summed E-state index contributed by atoms with van der Waals surface area (Å²) in [6, 6.07) is 11.2. The third kappa shape index (κ3) is 6.52. The van der Waals surface area contributed by atoms with Crippen LogP contribution in [0.4, 0.5) is 5.69 Å². The van der Waals surface area contributed by atoms with Gasteiger partial charge in [-0.15, -0.1) is 11.8 Å². The number of piperidine rings is 1. The SMILES string of the molecule is COc1cccc(C2SC(CC(=O)N3CCCC(C(=O)O)C3)C(=O)N(CC(C)(C)C)c3ccc(Cl)cc32)c1OC. The van der Waals surface area contributed by atoms with Gasteiger partial charge in [-0.3, -0.25) is 14.4 Å². The summed E-state index contributed by atoms with van der Waals surface area (Å²) in [6.45, 7) is 7.29. The number of thioether (sulfide) groups is 1. The lowest BCUT2D eigenvalue weighted by molar-refractivity contribution is -0.146. The topological polar surface area (TPSA) is 96.4 Å². The number of rotatable bonds is 7. The van der Waals surface area contributed by atoms with Gasteiger partial charge in [-0.2, -0.15) is 0 Å². The molecule has 0 bridgehead atoms. The zero-order valence-corrected chi connectivity index (χ0v) is 25.2. The molecule has 4 rings (SSSR count). The number of carbonyl (C=O) groups excluding carboxylic acids is 2. The summed E-state index contributed by atoms with van der Waals surface area (Å²) >= 11 is 7.91. The Balaban J connectivity index is 1.80. The van der Waals surface area contributed by atoms with E-state index in [2.05, 4.69) is 20.8 Å². The Bertz CT molecular complexity index is 1280. The van der Waals surface area contributed by atoms with Crippen LogP contribution in [-0.2, 0) is 14.4 Å². The number of para-hydroxylation sites is 1. The standard InChI is InChI=1S/C30H37ClN2O6S/c1-30(2,3)17-33-22-12-11-19(31)14-21(22)27(20-9-6-10-23(38-4)26(20)39-5)40-24(28(33)35)15-25(34)32-13-7-8-18(16-32)29(36)37/h6,9-12,14,18,24,27H,7-8,13,15-17H2,1-5H3,(H,36,37). The minimum atomic E-state index is -0.897. The fraction of sp³-hybridized carbons (Fsp3) is 0.500. The van der Waals surface area contributed by atoms with E-state index in [9.17, 15) is 19.5 Å². The summed E-state index contributed by atoms with van der Waals surface area (Å²) in [6.07, 6.45) is 1.13. The molecule has 2 aliphatic rings. The summed E-state index contributed by atoms with van der Waals surface area (Å²) in [4.78, 5) is 42.8. The minimum absolute atomic E-state index is 0.0407. The van der Waals surface area contributed by atoms with Crippen LogP contribution >= 0.6 is 23.4 Å². The molecular formula is C30H37ClN2O6S. The van der Waals surface area contributed by atoms with Crippen LogP contribution in [0.1, 0.15) is 56.4 Å². The van der Waals surface area contributed by atoms with Crippen molar-refractivity contribution in [2.45, 2.75) is 50.5 Å². The van der Waals surface area contributed by atoms with Crippen LogP contribution in [0.25, 0.3) is 0 Å². The van der Waals surface area contributed by atoms with Crippen molar-refractivity contribution in [1.82, 2.24) is 4.90 Å². The molecule has 40 heavy (non-hydrogen) atoms. The molecule has 0 saturated carbocycles. The number of nitrogens with zero attached hydrogens (tertiary/aromatic N) is 2. The molecule has 0 spiro atoms. The highest BCUT2D eigenvalue weighted by molar-refractivity contribution is 8.01. The highest BCUT2D eigenvalue weighted by Crippen LogP contribution is 2.51. The van der Waals surface area contributed by atoms with Crippen molar-refractivity contribution in [3.8, 4) is 11.5 Å². The largest absolute Gasteiger partial charge is 0.493 e. The fourth-order valence-electron chi connectivity index (χ4n) is 5.39. The first-order valence-corrected chi connectivity index (χ1v) is 14.7. The number of carbonyl (C=O) groups is 3. The summed E-state index contributed by atoms with van der Waals surface area (Å²) in [5, 5.41) is 8.95. The Labute approximate surface area is 244 Å². The average Bonchev–Trinajstić information content (AvgIpc) is 3.02. The maximum atomic E-state index is 14.3. The number of methoxy groups -OCH3 is 2. The normalized spacial score (nSPS) is 21.4. The molecule has 3 atom stereocenters. The van der Waals surface area contributed by atoms with E-state index in [1.54, 1.807) is 30.1 Å². The Kier molecular flexibility index (Phi) is 9.25. The van der Waals surface area contributed by atoms with Crippen molar-refractivity contribution in [3.63, 3.8) is 0 Å². The number of fused-ring (bicyclic) bond motifs is 1. The van der Waals surface area contributed by atoms with E-state index in [1.165, 1.54) is 11.8 Å². The molecule has 2 aromatic carbocycles. The molecule has 10 heteroatoms. The van der Waals surface area contributed by atoms with Gasteiger partial charge in [0.15, 0.2) is 11.5 Å². The summed E-state index contributed by atoms with van der Waals surface area (Å²) in [7, 11) is 3.15. The predicted octanol–water partition coefficient (Wildman–Crippen LogP) is 5.65. The van der Waals surface area contributed by atoms with Crippen molar-refractivity contribution >= 4 is 46.8 Å². The number of carboxylic acids is 1. The van der Waals surface area contributed by atoms with Gasteiger partial charge >= 0.3 is 5.97 Å². The van der Waals surface area contributed by atoms with Crippen molar-refractivity contribution < 1.29 is 29.0 Å². The number of benzene rings is 2. The van der Waals surface area contributed by atoms with Crippen LogP contribution in [0.15, 0.2) is 36.4 Å². The van der Waals surface area contributed by atoms with E-state index in [1.807, 2.05) is 30.3 Å². The Morgan fingerprint density at radius 1 is 1.12 bits per heavy atom. The number of ether oxygens (including phenoxy) is 2. The smallest absolute Gasteiger partial charge is 0.308 e. The molecule has 2 aromatic rings. The Morgan fingerprint density at radius 3 is 2.52 bits per heavy atom. The molecular weight excluding hydrogens is 552 g/mol. The fourth-order valence-corrected chi connectivity index (χ4v) is 7.05. The van der Waals surface area contributed by atoms with Crippen LogP contribution in [0.3, 0.4) is 0 Å². The summed E-state index contributed by atoms with van der Waals surface area (Å²) in [5.74, 6) is -0.748. The van der Waals surface area contributed by atoms with E-state index < -0.39 is 22.4 Å². The molecule has 1 fully saturated rings. The molecule has 216 valence electrons. The lowest BCUT2D eigenvalue weighted by atomic mass is 9.94. The third-order valence-electron chi connectivity index (χ3n) is 7.24. The van der Waals surface area contributed by atoms with Crippen LogP contribution in [0.2, 0.25) is 5.02 Å². The number of hydrogen-bond acceptors (Lipinski definition) is 6. The van der Waals surface area contributed by atoms with Crippen molar-refractivity contribution in [2.75, 3.05) is 38.8 Å². The molecule has 8 nitrogen and oxygen atoms in total. The van der Waals surface area contributed by atoms with Gasteiger partial charge in [-0.05, 0) is 48.1 Å². The summed E-state index contributed by atoms with van der Waals surface area (Å²) < 4.78 is 11.4. The molecule has 1 N–H and O–H groups in total. The van der Waals surface area contributed by atoms with Gasteiger partial charge in [0.05, 0.1) is 30.6 Å². The zero-order chi connectivity index (χ0) is 29.2. The average molecular weight is 589 g/mol. The van der Waals surface area contributed by atoms with Crippen LogP contribution in [0, 0.1) is 11.3 Å². The number of anilines is 1. The van der Waals surface area contributed by atoms with E-state index >= 15 is 0 Å². The first-order valence-electron chi connectivity index (χ1n) is 13.4. The van der Waals surface area contributed by atoms with Gasteiger partial charge in [0.2, 0.25) is 11.8 Å². The van der Waals surface area contributed by atoms with Gasteiger partial charge in [-0.1, -0.05) is 44.5 Å². The number of aliphatic carboxylic acids is 1. The quantitative estimate of drug-likeness (QED) is 0.446. The maximum absolute atomic E-state index is 14.3. The Hall–Kier alpha value is -2.91. The number of carboxylic acid groups (broad SMARTS) is 1. The van der Waals surface area contributed by atoms with Crippen molar-refractivity contribution in [3.05, 3.63) is 52.5 Å². The van der Waals surface area contributed by atoms with Crippen LogP contribution < -0.4 is 14.4 Å². The second-order valence-corrected chi connectivity index (χ2v) is 13.2. The van der Waals surface area contributed by atoms with Gasteiger partial charge < -0.3 is 24.4 Å². The number of hydrogen-bond donors (Lipinski definition) is 1. The molecule has 3 unspecified atom stereocenters. The monoisotopic (exact) mass is 588 g/mol. The van der Waals surface area contributed by atoms with Gasteiger partial charge in [-0.25, -0.2) is 0 Å². The maximum Gasteiger partial charge on any atom is 0.308 e. The van der Waals surface area contributed by atoms with E-state index in [4.69, 9.17) is 21.1 Å². The molecule has 0 radical (unpaired) electrons. The highest BCUT2D eigenvalue weighted by atomic mass is 35.5. The summed E-state index contributed by atoms with van der Waals surface area (Å²) in [5.41, 5.74) is 2.18. The first kappa shape index (κ1) is 30.1. The second-order valence-electron chi connectivity index (χ2n) is 11.5. The lowest BCUT2D eigenvalue weighted by Gasteiger charge is -2.33. The van der Waals surface area contributed by atoms with Crippen molar-refractivity contribution in [1.29, 1.82) is 0 Å². The van der Waals surface area contributed by atoms with E-state index in [0.29, 0.717) is 42.5 Å². The molecule has 2 amide bonds. The lowest BCUT2D eigenvalue weighted by Crippen LogP contribution is -2.46. The minimum Gasteiger partial charge on any atom is -0.493 e. The van der Waals surface area contributed by atoms with Gasteiger partial charge in [0.1, 0.15) is 0 Å². The number of amides is 2. The molecule has 1 saturated heterocycles. The zero-order valence-electron chi connectivity index (χ0n) is 23.6. The molecule has 2 aliphatic heterocycles. The van der Waals surface area contributed by atoms with E-state index in [0.717, 1.165) is 16.8 Å². The molecule has 0 aromatic heterocycles. The molecule has 0 aliphatic carbocycles. The predicted molar refractivity (Wildman–Crippen MR) is 158 cm³/mol. The second kappa shape index (κ2) is 12.3. The first-order chi connectivity index (χ1) is 18.9. The Morgan fingerprint density at radius 2 is 1.88 bits per heavy atom. The van der Waals surface area contributed by atoms with Crippen molar-refractivity contribution in [2.24, 2.45) is 11.3 Å².